The Bertz CT molecular complexity index is 1090. The van der Waals surface area contributed by atoms with Gasteiger partial charge in [0.05, 0.1) is 17.9 Å². The molecule has 190 valence electrons. The second-order valence-corrected chi connectivity index (χ2v) is 11.6. The number of allylic oxidation sites excluding steroid dienone is 2. The van der Waals surface area contributed by atoms with Crippen molar-refractivity contribution in [3.8, 4) is 0 Å². The average Bonchev–Trinajstić information content (AvgIpc) is 3.42. The molecule has 3 fully saturated rings. The van der Waals surface area contributed by atoms with Gasteiger partial charge >= 0.3 is 17.9 Å². The Morgan fingerprint density at radius 3 is 2.57 bits per heavy atom. The number of esters is 3. The van der Waals surface area contributed by atoms with Gasteiger partial charge in [-0.2, -0.15) is 0 Å². The van der Waals surface area contributed by atoms with Crippen molar-refractivity contribution in [2.24, 2.45) is 28.6 Å². The molecule has 7 atom stereocenters. The largest absolute Gasteiger partial charge is 0.466 e. The number of methoxy groups -OCH3 is 1. The third-order valence-corrected chi connectivity index (χ3v) is 10.4. The molecule has 0 aromatic heterocycles. The molecular weight excluding hydrogens is 450 g/mol. The van der Waals surface area contributed by atoms with Gasteiger partial charge in [0.15, 0.2) is 0 Å². The van der Waals surface area contributed by atoms with Crippen LogP contribution in [0, 0.1) is 28.6 Å². The van der Waals surface area contributed by atoms with Gasteiger partial charge in [0, 0.05) is 38.4 Å². The number of aliphatic hydroxyl groups is 1. The lowest BCUT2D eigenvalue weighted by atomic mass is 9.40. The number of ether oxygens (including phenoxy) is 3. The Balaban J connectivity index is 1.68. The van der Waals surface area contributed by atoms with Crippen molar-refractivity contribution in [3.63, 3.8) is 0 Å². The smallest absolute Gasteiger partial charge is 0.334 e. The molecule has 4 aliphatic carbocycles. The molecule has 1 N–H and O–H groups in total. The molecule has 6 aliphatic rings. The standard InChI is InChI=1S/C27H35NO7/c1-14-11-28-12-18-7-5-17-6-8-19-20(24(31)33-4)10-26(23(17)19)25(18,13-34-15(2)29)22(35-16(3)30)9-21(14)27(26,28)32/h14,18,21-22,32H,5-13H2,1-4H3/t14-,18+,21+,22+,25+,26+,27+/m0/s1. The van der Waals surface area contributed by atoms with Gasteiger partial charge < -0.3 is 19.3 Å². The van der Waals surface area contributed by atoms with Crippen molar-refractivity contribution < 1.29 is 33.7 Å². The lowest BCUT2D eigenvalue weighted by molar-refractivity contribution is -0.332. The maximum atomic E-state index is 13.1. The number of hydrogen-bond donors (Lipinski definition) is 1. The van der Waals surface area contributed by atoms with Crippen LogP contribution in [0.25, 0.3) is 0 Å². The molecule has 0 aromatic carbocycles. The van der Waals surface area contributed by atoms with Crippen molar-refractivity contribution in [1.29, 1.82) is 0 Å². The van der Waals surface area contributed by atoms with E-state index in [1.54, 1.807) is 0 Å². The number of piperidine rings is 1. The number of nitrogens with zero attached hydrogens (tertiary/aromatic N) is 1. The quantitative estimate of drug-likeness (QED) is 0.479. The highest BCUT2D eigenvalue weighted by Crippen LogP contribution is 2.78. The van der Waals surface area contributed by atoms with Gasteiger partial charge in [0.25, 0.3) is 0 Å². The average molecular weight is 486 g/mol. The summed E-state index contributed by atoms with van der Waals surface area (Å²) in [6, 6.07) is 0. The van der Waals surface area contributed by atoms with E-state index in [1.165, 1.54) is 26.5 Å². The highest BCUT2D eigenvalue weighted by Gasteiger charge is 2.83. The summed E-state index contributed by atoms with van der Waals surface area (Å²) in [5, 5.41) is 13.0. The second-order valence-electron chi connectivity index (χ2n) is 11.6. The summed E-state index contributed by atoms with van der Waals surface area (Å²) in [6.07, 6.45) is 3.66. The first-order valence-corrected chi connectivity index (χ1v) is 12.9. The van der Waals surface area contributed by atoms with Crippen molar-refractivity contribution in [3.05, 3.63) is 22.3 Å². The van der Waals surface area contributed by atoms with Gasteiger partial charge in [0.1, 0.15) is 18.4 Å². The van der Waals surface area contributed by atoms with E-state index in [2.05, 4.69) is 11.8 Å². The molecule has 0 radical (unpaired) electrons. The zero-order chi connectivity index (χ0) is 24.9. The van der Waals surface area contributed by atoms with Crippen LogP contribution in [0.4, 0.5) is 0 Å². The molecule has 6 rings (SSSR count). The fourth-order valence-corrected chi connectivity index (χ4v) is 9.49. The lowest BCUT2D eigenvalue weighted by Crippen LogP contribution is -2.79. The lowest BCUT2D eigenvalue weighted by Gasteiger charge is -2.70. The minimum atomic E-state index is -1.23. The fourth-order valence-electron chi connectivity index (χ4n) is 9.49. The molecule has 1 spiro atoms. The van der Waals surface area contributed by atoms with Crippen LogP contribution in [-0.2, 0) is 28.6 Å². The van der Waals surface area contributed by atoms with E-state index in [9.17, 15) is 19.5 Å². The summed E-state index contributed by atoms with van der Waals surface area (Å²) in [5.74, 6) is -1.04. The van der Waals surface area contributed by atoms with E-state index in [0.717, 1.165) is 43.4 Å². The highest BCUT2D eigenvalue weighted by atomic mass is 16.6. The molecule has 0 unspecified atom stereocenters. The van der Waals surface area contributed by atoms with E-state index >= 15 is 0 Å². The third-order valence-electron chi connectivity index (χ3n) is 10.4. The molecule has 0 amide bonds. The Hall–Kier alpha value is -2.19. The monoisotopic (exact) mass is 485 g/mol. The summed E-state index contributed by atoms with van der Waals surface area (Å²) in [6.45, 7) is 6.44. The Morgan fingerprint density at radius 1 is 1.11 bits per heavy atom. The van der Waals surface area contributed by atoms with E-state index in [1.807, 2.05) is 0 Å². The third kappa shape index (κ3) is 2.57. The summed E-state index contributed by atoms with van der Waals surface area (Å²) < 4.78 is 17.2. The molecule has 0 aromatic rings. The van der Waals surface area contributed by atoms with Crippen molar-refractivity contribution in [2.75, 3.05) is 26.8 Å². The zero-order valence-corrected chi connectivity index (χ0v) is 21.0. The number of hydrogen-bond acceptors (Lipinski definition) is 8. The molecular formula is C27H35NO7. The molecule has 8 heteroatoms. The normalized spacial score (nSPS) is 43.1. The first-order valence-electron chi connectivity index (χ1n) is 12.9. The van der Waals surface area contributed by atoms with Crippen LogP contribution < -0.4 is 0 Å². The van der Waals surface area contributed by atoms with Gasteiger partial charge in [-0.3, -0.25) is 14.5 Å². The number of carbonyl (C=O) groups excluding carboxylic acids is 3. The van der Waals surface area contributed by atoms with Crippen molar-refractivity contribution in [1.82, 2.24) is 4.90 Å². The van der Waals surface area contributed by atoms with Gasteiger partial charge in [-0.15, -0.1) is 0 Å². The summed E-state index contributed by atoms with van der Waals surface area (Å²) in [7, 11) is 1.40. The molecule has 2 saturated heterocycles. The van der Waals surface area contributed by atoms with Crippen LogP contribution in [0.2, 0.25) is 0 Å². The maximum Gasteiger partial charge on any atom is 0.334 e. The van der Waals surface area contributed by atoms with Crippen LogP contribution in [0.1, 0.15) is 59.3 Å². The van der Waals surface area contributed by atoms with Gasteiger partial charge in [-0.1, -0.05) is 12.5 Å². The summed E-state index contributed by atoms with van der Waals surface area (Å²) in [5.41, 5.74) is 1.03. The number of rotatable bonds is 4. The first-order chi connectivity index (χ1) is 16.6. The van der Waals surface area contributed by atoms with Gasteiger partial charge in [-0.25, -0.2) is 4.79 Å². The summed E-state index contributed by atoms with van der Waals surface area (Å²) in [4.78, 5) is 40.0. The predicted octanol–water partition coefficient (Wildman–Crippen LogP) is 2.50. The first kappa shape index (κ1) is 23.2. The maximum absolute atomic E-state index is 13.1. The van der Waals surface area contributed by atoms with E-state index < -0.39 is 28.6 Å². The Kier molecular flexibility index (Phi) is 4.92. The second kappa shape index (κ2) is 7.42. The minimum absolute atomic E-state index is 0.0292. The fraction of sp³-hybridized carbons (Fsp3) is 0.741. The molecule has 8 nitrogen and oxygen atoms in total. The van der Waals surface area contributed by atoms with Crippen LogP contribution >= 0.6 is 0 Å². The highest BCUT2D eigenvalue weighted by molar-refractivity contribution is 5.93. The predicted molar refractivity (Wildman–Crippen MR) is 123 cm³/mol. The van der Waals surface area contributed by atoms with Crippen molar-refractivity contribution in [2.45, 2.75) is 71.1 Å². The van der Waals surface area contributed by atoms with Gasteiger partial charge in [-0.05, 0) is 61.5 Å². The number of carbonyl (C=O) groups is 3. The van der Waals surface area contributed by atoms with E-state index in [0.29, 0.717) is 25.0 Å². The molecule has 35 heavy (non-hydrogen) atoms. The zero-order valence-electron chi connectivity index (χ0n) is 21.0. The SMILES string of the molecule is COC(=O)C1=C2CCC3=C2[C@]2(C1)[C@]1(COC(C)=O)[C@H](CC3)CN3C[C@H](C)[C@@H](C[C@H]1OC(C)=O)[C@]32O. The van der Waals surface area contributed by atoms with Crippen LogP contribution in [0.5, 0.6) is 0 Å². The van der Waals surface area contributed by atoms with Crippen LogP contribution in [0.3, 0.4) is 0 Å². The molecule has 2 heterocycles. The molecule has 4 bridgehead atoms. The van der Waals surface area contributed by atoms with E-state index in [4.69, 9.17) is 14.2 Å². The summed E-state index contributed by atoms with van der Waals surface area (Å²) >= 11 is 0. The van der Waals surface area contributed by atoms with Gasteiger partial charge in [0.2, 0.25) is 0 Å². The minimum Gasteiger partial charge on any atom is -0.466 e. The Labute approximate surface area is 205 Å². The molecule has 2 aliphatic heterocycles. The molecule has 1 saturated carbocycles. The van der Waals surface area contributed by atoms with E-state index in [-0.39, 0.29) is 36.3 Å². The topological polar surface area (TPSA) is 102 Å². The van der Waals surface area contributed by atoms with Crippen LogP contribution in [-0.4, -0.2) is 66.5 Å². The Morgan fingerprint density at radius 2 is 1.89 bits per heavy atom. The van der Waals surface area contributed by atoms with Crippen LogP contribution in [0.15, 0.2) is 22.3 Å². The van der Waals surface area contributed by atoms with Crippen molar-refractivity contribution >= 4 is 17.9 Å².